The average Bonchev–Trinajstić information content (AvgIpc) is 2.83. The largest absolute Gasteiger partial charge is 0.465 e. The number of rotatable bonds is 6. The fourth-order valence-electron chi connectivity index (χ4n) is 6.34. The van der Waals surface area contributed by atoms with Gasteiger partial charge in [0, 0.05) is 11.3 Å². The predicted octanol–water partition coefficient (Wildman–Crippen LogP) is 9.25. The van der Waals surface area contributed by atoms with Crippen LogP contribution < -0.4 is 4.74 Å². The van der Waals surface area contributed by atoms with Crippen LogP contribution in [0.4, 0.5) is 0 Å². The topological polar surface area (TPSA) is 18.5 Å². The van der Waals surface area contributed by atoms with Crippen LogP contribution in [-0.2, 0) is 4.74 Å². The Hall–Kier alpha value is -3.10. The van der Waals surface area contributed by atoms with E-state index in [4.69, 9.17) is 9.47 Å². The van der Waals surface area contributed by atoms with Gasteiger partial charge in [-0.3, -0.25) is 0 Å². The van der Waals surface area contributed by atoms with E-state index in [1.165, 1.54) is 27.6 Å². The van der Waals surface area contributed by atoms with Crippen LogP contribution in [0.2, 0.25) is 0 Å². The van der Waals surface area contributed by atoms with Crippen molar-refractivity contribution in [3.63, 3.8) is 0 Å². The van der Waals surface area contributed by atoms with Crippen LogP contribution in [0.1, 0.15) is 70.3 Å². The van der Waals surface area contributed by atoms with Crippen LogP contribution in [0.25, 0.3) is 16.8 Å². The first kappa shape index (κ1) is 24.6. The Morgan fingerprint density at radius 3 is 2.33 bits per heavy atom. The highest BCUT2D eigenvalue weighted by Gasteiger charge is 2.33. The van der Waals surface area contributed by atoms with Gasteiger partial charge in [-0.15, -0.1) is 0 Å². The molecule has 2 nitrogen and oxygen atoms in total. The summed E-state index contributed by atoms with van der Waals surface area (Å²) in [5.41, 5.74) is 5.27. The van der Waals surface area contributed by atoms with Crippen molar-refractivity contribution in [3.8, 4) is 5.75 Å². The van der Waals surface area contributed by atoms with Crippen molar-refractivity contribution in [3.05, 3.63) is 107 Å². The van der Waals surface area contributed by atoms with Gasteiger partial charge < -0.3 is 9.47 Å². The lowest BCUT2D eigenvalue weighted by Gasteiger charge is -2.35. The van der Waals surface area contributed by atoms with Gasteiger partial charge in [0.1, 0.15) is 5.75 Å². The minimum absolute atomic E-state index is 0.0888. The predicted molar refractivity (Wildman–Crippen MR) is 151 cm³/mol. The monoisotopic (exact) mass is 478 g/mol. The summed E-state index contributed by atoms with van der Waals surface area (Å²) < 4.78 is 13.2. The minimum atomic E-state index is -0.403. The molecule has 3 aromatic carbocycles. The maximum Gasteiger partial charge on any atom is 0.197 e. The third-order valence-electron chi connectivity index (χ3n) is 7.54. The van der Waals surface area contributed by atoms with Gasteiger partial charge in [0.15, 0.2) is 6.29 Å². The zero-order valence-corrected chi connectivity index (χ0v) is 22.4. The third kappa shape index (κ3) is 4.67. The quantitative estimate of drug-likeness (QED) is 0.329. The smallest absolute Gasteiger partial charge is 0.197 e. The molecule has 0 aromatic heterocycles. The molecule has 0 aliphatic heterocycles. The molecule has 0 radical (unpaired) electrons. The summed E-state index contributed by atoms with van der Waals surface area (Å²) in [6.07, 6.45) is 10.4. The lowest BCUT2D eigenvalue weighted by atomic mass is 9.69. The Balaban J connectivity index is 1.45. The van der Waals surface area contributed by atoms with Crippen molar-refractivity contribution < 1.29 is 9.47 Å². The molecule has 4 unspecified atom stereocenters. The second-order valence-electron chi connectivity index (χ2n) is 11.6. The van der Waals surface area contributed by atoms with Crippen molar-refractivity contribution in [2.24, 2.45) is 17.3 Å². The second kappa shape index (κ2) is 9.75. The first-order valence-electron chi connectivity index (χ1n) is 13.2. The Morgan fingerprint density at radius 2 is 1.56 bits per heavy atom. The summed E-state index contributed by atoms with van der Waals surface area (Å²) in [4.78, 5) is 0. The van der Waals surface area contributed by atoms with E-state index in [0.717, 1.165) is 11.1 Å². The molecule has 0 saturated carbocycles. The average molecular weight is 479 g/mol. The van der Waals surface area contributed by atoms with E-state index in [-0.39, 0.29) is 17.4 Å². The summed E-state index contributed by atoms with van der Waals surface area (Å²) in [7, 11) is 0. The van der Waals surface area contributed by atoms with E-state index >= 15 is 0 Å². The Morgan fingerprint density at radius 1 is 0.806 bits per heavy atom. The second-order valence-corrected chi connectivity index (χ2v) is 11.6. The van der Waals surface area contributed by atoms with Crippen LogP contribution in [0.5, 0.6) is 5.75 Å². The molecule has 36 heavy (non-hydrogen) atoms. The van der Waals surface area contributed by atoms with Crippen molar-refractivity contribution in [2.75, 3.05) is 0 Å². The zero-order valence-electron chi connectivity index (χ0n) is 22.4. The van der Waals surface area contributed by atoms with Gasteiger partial charge in [0.25, 0.3) is 0 Å². The van der Waals surface area contributed by atoms with Crippen molar-refractivity contribution >= 4 is 16.8 Å². The summed E-state index contributed by atoms with van der Waals surface area (Å²) in [6.45, 7) is 13.7. The first-order valence-corrected chi connectivity index (χ1v) is 13.2. The lowest BCUT2D eigenvalue weighted by molar-refractivity contribution is -0.118. The molecule has 0 spiro atoms. The summed E-state index contributed by atoms with van der Waals surface area (Å²) in [6, 6.07) is 21.6. The van der Waals surface area contributed by atoms with Gasteiger partial charge in [-0.05, 0) is 57.9 Å². The molecule has 2 aliphatic carbocycles. The van der Waals surface area contributed by atoms with Gasteiger partial charge in [0.05, 0.1) is 6.10 Å². The van der Waals surface area contributed by atoms with Crippen molar-refractivity contribution in [2.45, 2.75) is 59.9 Å². The molecule has 0 fully saturated rings. The lowest BCUT2D eigenvalue weighted by Crippen LogP contribution is -2.27. The Labute approximate surface area is 216 Å². The summed E-state index contributed by atoms with van der Waals surface area (Å²) in [5, 5.41) is 2.41. The first-order chi connectivity index (χ1) is 17.2. The fourth-order valence-corrected chi connectivity index (χ4v) is 6.34. The van der Waals surface area contributed by atoms with Crippen molar-refractivity contribution in [1.82, 2.24) is 0 Å². The van der Waals surface area contributed by atoms with E-state index < -0.39 is 6.29 Å². The Kier molecular flexibility index (Phi) is 6.66. The molecule has 186 valence electrons. The molecule has 0 saturated heterocycles. The molecular formula is C34H38O2. The summed E-state index contributed by atoms with van der Waals surface area (Å²) in [5.74, 6) is 2.04. The van der Waals surface area contributed by atoms with Gasteiger partial charge >= 0.3 is 0 Å². The highest BCUT2D eigenvalue weighted by molar-refractivity contribution is 5.91. The van der Waals surface area contributed by atoms with E-state index in [2.05, 4.69) is 126 Å². The number of benzene rings is 3. The maximum absolute atomic E-state index is 6.66. The van der Waals surface area contributed by atoms with Gasteiger partial charge in [-0.2, -0.15) is 0 Å². The number of fused-ring (bicyclic) bond motifs is 3. The van der Waals surface area contributed by atoms with Crippen LogP contribution in [0.3, 0.4) is 0 Å². The van der Waals surface area contributed by atoms with Crippen LogP contribution in [0, 0.1) is 17.3 Å². The van der Waals surface area contributed by atoms with E-state index in [9.17, 15) is 0 Å². The fraction of sp³-hybridized carbons (Fsp3) is 0.353. The molecule has 4 atom stereocenters. The Bertz CT molecular complexity index is 1330. The van der Waals surface area contributed by atoms with Crippen molar-refractivity contribution in [1.29, 1.82) is 0 Å². The van der Waals surface area contributed by atoms with E-state index in [0.29, 0.717) is 11.8 Å². The number of ether oxygens (including phenoxy) is 2. The molecule has 2 heteroatoms. The van der Waals surface area contributed by atoms with Gasteiger partial charge in [0.2, 0.25) is 0 Å². The highest BCUT2D eigenvalue weighted by atomic mass is 16.7. The molecule has 0 N–H and O–H groups in total. The molecule has 5 rings (SSSR count). The third-order valence-corrected chi connectivity index (χ3v) is 7.54. The highest BCUT2D eigenvalue weighted by Crippen LogP contribution is 2.45. The maximum atomic E-state index is 6.66. The molecule has 0 amide bonds. The van der Waals surface area contributed by atoms with Gasteiger partial charge in [-0.1, -0.05) is 120 Å². The number of allylic oxidation sites excluding steroid dienone is 3. The number of hydrogen-bond donors (Lipinski definition) is 0. The SMILES string of the molecule is CC(Oc1cccc2c(C(C(C)C)C(C)(C)C)cccc12)OC1c2ccccc2C=C2C=CC=CC21. The van der Waals surface area contributed by atoms with Crippen LogP contribution >= 0.6 is 0 Å². The standard InChI is InChI=1S/C34H38O2/c1-22(2)32(34(4,5)6)30-19-11-18-29-28(30)17-12-20-31(29)35-23(3)36-33-26-15-9-7-13-24(26)21-25-14-8-10-16-27(25)33/h7-23,26,32-33H,1-6H3. The van der Waals surface area contributed by atoms with Crippen LogP contribution in [0.15, 0.2) is 90.5 Å². The van der Waals surface area contributed by atoms with Crippen LogP contribution in [-0.4, -0.2) is 6.29 Å². The zero-order chi connectivity index (χ0) is 25.4. The molecule has 3 aromatic rings. The minimum Gasteiger partial charge on any atom is -0.465 e. The molecule has 2 aliphatic rings. The molecule has 0 bridgehead atoms. The molecular weight excluding hydrogens is 440 g/mol. The van der Waals surface area contributed by atoms with E-state index in [1.807, 2.05) is 6.92 Å². The van der Waals surface area contributed by atoms with E-state index in [1.54, 1.807) is 0 Å². The number of hydrogen-bond acceptors (Lipinski definition) is 2. The van der Waals surface area contributed by atoms with Gasteiger partial charge in [-0.25, -0.2) is 0 Å². The normalized spacial score (nSPS) is 20.6. The summed E-state index contributed by atoms with van der Waals surface area (Å²) >= 11 is 0. The molecule has 0 heterocycles.